The molecular weight excluding hydrogens is 158 g/mol. The minimum absolute atomic E-state index is 0.662. The van der Waals surface area contributed by atoms with E-state index in [9.17, 15) is 0 Å². The van der Waals surface area contributed by atoms with E-state index in [2.05, 4.69) is 0 Å². The Hall–Kier alpha value is -1.78. The molecule has 0 unspecified atom stereocenters. The summed E-state index contributed by atoms with van der Waals surface area (Å²) in [7, 11) is 0. The van der Waals surface area contributed by atoms with Gasteiger partial charge in [0.2, 0.25) is 0 Å². The molecule has 66 valence electrons. The van der Waals surface area contributed by atoms with Crippen molar-refractivity contribution in [3.8, 4) is 0 Å². The maximum absolute atomic E-state index is 8.11. The molecule has 5 N–H and O–H groups in total. The molecule has 0 bridgehead atoms. The molecule has 1 aromatic rings. The van der Waals surface area contributed by atoms with Crippen LogP contribution in [0, 0.1) is 11.8 Å². The molecule has 12 heavy (non-hydrogen) atoms. The van der Waals surface area contributed by atoms with Crippen LogP contribution in [0.15, 0.2) is 23.5 Å². The second-order valence-corrected chi connectivity index (χ2v) is 2.16. The van der Waals surface area contributed by atoms with Crippen molar-refractivity contribution in [2.24, 2.45) is 5.34 Å². The second-order valence-electron chi connectivity index (χ2n) is 2.16. The first-order chi connectivity index (χ1) is 5.63. The SMILES string of the molecule is Cc1cccc(N)c1N.O=NO. The van der Waals surface area contributed by atoms with Crippen LogP contribution in [0.4, 0.5) is 11.4 Å². The lowest BCUT2D eigenvalue weighted by molar-refractivity contribution is 0.312. The molecule has 0 spiro atoms. The lowest BCUT2D eigenvalue weighted by atomic mass is 10.2. The highest BCUT2D eigenvalue weighted by molar-refractivity contribution is 5.66. The van der Waals surface area contributed by atoms with Crippen molar-refractivity contribution < 1.29 is 5.21 Å². The number of nitrogens with two attached hydrogens (primary N) is 2. The summed E-state index contributed by atoms with van der Waals surface area (Å²) in [5.74, 6) is 0. The Bertz CT molecular complexity index is 243. The van der Waals surface area contributed by atoms with E-state index in [-0.39, 0.29) is 0 Å². The summed E-state index contributed by atoms with van der Waals surface area (Å²) in [6, 6.07) is 5.62. The van der Waals surface area contributed by atoms with Crippen molar-refractivity contribution >= 4 is 11.4 Å². The number of anilines is 2. The van der Waals surface area contributed by atoms with Gasteiger partial charge in [0.05, 0.1) is 11.4 Å². The number of rotatable bonds is 0. The third kappa shape index (κ3) is 2.87. The highest BCUT2D eigenvalue weighted by Gasteiger charge is 1.93. The van der Waals surface area contributed by atoms with Crippen LogP contribution in [-0.2, 0) is 0 Å². The summed E-state index contributed by atoms with van der Waals surface area (Å²) >= 11 is 0. The minimum Gasteiger partial charge on any atom is -0.397 e. The predicted octanol–water partition coefficient (Wildman–Crippen LogP) is 1.30. The quantitative estimate of drug-likeness (QED) is 0.309. The molecule has 0 amide bonds. The number of para-hydroxylation sites is 1. The molecule has 0 aliphatic rings. The smallest absolute Gasteiger partial charge is 0.152 e. The van der Waals surface area contributed by atoms with Gasteiger partial charge in [-0.25, -0.2) is 0 Å². The molecule has 0 radical (unpaired) electrons. The summed E-state index contributed by atoms with van der Waals surface area (Å²) in [6.07, 6.45) is 0. The van der Waals surface area contributed by atoms with Gasteiger partial charge in [-0.3, -0.25) is 0 Å². The van der Waals surface area contributed by atoms with Crippen LogP contribution >= 0.6 is 0 Å². The van der Waals surface area contributed by atoms with Gasteiger partial charge in [-0.1, -0.05) is 12.1 Å². The standard InChI is InChI=1S/C7H10N2.HNO2/c1-5-3-2-4-6(8)7(5)9;2-1-3/h2-4H,8-9H2,1H3;(H,2,3). The first kappa shape index (κ1) is 10.2. The van der Waals surface area contributed by atoms with Crippen LogP contribution in [0.3, 0.4) is 0 Å². The first-order valence-corrected chi connectivity index (χ1v) is 3.20. The average Bonchev–Trinajstić information content (AvgIpc) is 2.02. The van der Waals surface area contributed by atoms with Gasteiger partial charge in [0.1, 0.15) is 0 Å². The Morgan fingerprint density at radius 3 is 2.25 bits per heavy atom. The maximum Gasteiger partial charge on any atom is 0.152 e. The molecule has 0 saturated heterocycles. The van der Waals surface area contributed by atoms with E-state index in [4.69, 9.17) is 21.6 Å². The van der Waals surface area contributed by atoms with Crippen LogP contribution in [-0.4, -0.2) is 5.21 Å². The lowest BCUT2D eigenvalue weighted by Crippen LogP contribution is -1.95. The Morgan fingerprint density at radius 1 is 1.42 bits per heavy atom. The normalized spacial score (nSPS) is 8.08. The molecule has 0 saturated carbocycles. The fourth-order valence-electron chi connectivity index (χ4n) is 0.703. The Kier molecular flexibility index (Phi) is 4.21. The molecule has 0 aliphatic heterocycles. The van der Waals surface area contributed by atoms with Crippen LogP contribution in [0.2, 0.25) is 0 Å². The third-order valence-electron chi connectivity index (χ3n) is 1.36. The zero-order chi connectivity index (χ0) is 9.56. The van der Waals surface area contributed by atoms with Gasteiger partial charge in [-0.15, -0.1) is 4.91 Å². The summed E-state index contributed by atoms with van der Waals surface area (Å²) in [6.45, 7) is 1.94. The minimum atomic E-state index is 0.662. The topological polar surface area (TPSA) is 102 Å². The highest BCUT2D eigenvalue weighted by Crippen LogP contribution is 2.17. The number of hydrogen-bond acceptors (Lipinski definition) is 4. The van der Waals surface area contributed by atoms with Crippen LogP contribution in [0.5, 0.6) is 0 Å². The Morgan fingerprint density at radius 2 is 1.92 bits per heavy atom. The molecule has 1 aromatic carbocycles. The number of benzene rings is 1. The van der Waals surface area contributed by atoms with Gasteiger partial charge >= 0.3 is 0 Å². The fourth-order valence-corrected chi connectivity index (χ4v) is 0.703. The van der Waals surface area contributed by atoms with E-state index < -0.39 is 0 Å². The monoisotopic (exact) mass is 169 g/mol. The van der Waals surface area contributed by atoms with Gasteiger partial charge in [-0.2, -0.15) is 0 Å². The molecule has 5 heteroatoms. The van der Waals surface area contributed by atoms with Gasteiger partial charge in [-0.05, 0) is 18.6 Å². The summed E-state index contributed by atoms with van der Waals surface area (Å²) < 4.78 is 0. The van der Waals surface area contributed by atoms with Crippen molar-refractivity contribution in [2.45, 2.75) is 6.92 Å². The summed E-state index contributed by atoms with van der Waals surface area (Å²) in [5.41, 5.74) is 13.4. The fraction of sp³-hybridized carbons (Fsp3) is 0.143. The van der Waals surface area contributed by atoms with E-state index >= 15 is 0 Å². The zero-order valence-electron chi connectivity index (χ0n) is 6.69. The van der Waals surface area contributed by atoms with Crippen LogP contribution < -0.4 is 11.5 Å². The third-order valence-corrected chi connectivity index (χ3v) is 1.36. The predicted molar refractivity (Wildman–Crippen MR) is 47.6 cm³/mol. The molecule has 0 aliphatic carbocycles. The largest absolute Gasteiger partial charge is 0.397 e. The molecule has 0 atom stereocenters. The van der Waals surface area contributed by atoms with Gasteiger partial charge in [0, 0.05) is 0 Å². The van der Waals surface area contributed by atoms with Crippen LogP contribution in [0.25, 0.3) is 0 Å². The number of aryl methyl sites for hydroxylation is 1. The molecule has 5 nitrogen and oxygen atoms in total. The lowest BCUT2D eigenvalue weighted by Gasteiger charge is -2.00. The molecule has 0 heterocycles. The number of nitrogen functional groups attached to an aromatic ring is 2. The van der Waals surface area contributed by atoms with Crippen molar-refractivity contribution in [1.82, 2.24) is 0 Å². The molecular formula is C7H11N3O2. The Balaban J connectivity index is 0.000000354. The molecule has 1 rings (SSSR count). The first-order valence-electron chi connectivity index (χ1n) is 3.20. The van der Waals surface area contributed by atoms with E-state index in [0.717, 1.165) is 5.56 Å². The van der Waals surface area contributed by atoms with Crippen molar-refractivity contribution in [3.63, 3.8) is 0 Å². The van der Waals surface area contributed by atoms with E-state index in [1.54, 1.807) is 6.07 Å². The average molecular weight is 169 g/mol. The highest BCUT2D eigenvalue weighted by atomic mass is 16.6. The van der Waals surface area contributed by atoms with Crippen molar-refractivity contribution in [2.75, 3.05) is 11.5 Å². The Labute approximate surface area is 69.9 Å². The molecule has 0 fully saturated rings. The van der Waals surface area contributed by atoms with E-state index in [0.29, 0.717) is 11.4 Å². The van der Waals surface area contributed by atoms with E-state index in [1.165, 1.54) is 5.34 Å². The number of nitrogens with zero attached hydrogens (tertiary/aromatic N) is 1. The van der Waals surface area contributed by atoms with Gasteiger partial charge < -0.3 is 16.7 Å². The maximum atomic E-state index is 8.11. The molecule has 0 aromatic heterocycles. The van der Waals surface area contributed by atoms with E-state index in [1.807, 2.05) is 19.1 Å². The van der Waals surface area contributed by atoms with Crippen LogP contribution in [0.1, 0.15) is 5.56 Å². The van der Waals surface area contributed by atoms with Gasteiger partial charge in [0.15, 0.2) is 5.34 Å². The summed E-state index contributed by atoms with van der Waals surface area (Å²) in [4.78, 5) is 8.11. The summed E-state index contributed by atoms with van der Waals surface area (Å²) in [5, 5.41) is 7.89. The van der Waals surface area contributed by atoms with Crippen molar-refractivity contribution in [3.05, 3.63) is 28.7 Å². The second kappa shape index (κ2) is 4.95. The number of hydrogen-bond donors (Lipinski definition) is 3. The van der Waals surface area contributed by atoms with Gasteiger partial charge in [0.25, 0.3) is 0 Å². The zero-order valence-corrected chi connectivity index (χ0v) is 6.69. The van der Waals surface area contributed by atoms with Crippen molar-refractivity contribution in [1.29, 1.82) is 0 Å².